The van der Waals surface area contributed by atoms with Gasteiger partial charge in [-0.25, -0.2) is 14.2 Å². The molecule has 1 aromatic heterocycles. The number of hydrogen-bond donors (Lipinski definition) is 1. The SMILES string of the molecule is Cc1oc(-c2ccc(F)cc2)nc1CCCC[C@H]1CO[C@@](C)(C(=O)O)OC1. The van der Waals surface area contributed by atoms with Gasteiger partial charge in [0.05, 0.1) is 18.9 Å². The Hall–Kier alpha value is -2.25. The summed E-state index contributed by atoms with van der Waals surface area (Å²) in [4.78, 5) is 15.6. The van der Waals surface area contributed by atoms with Crippen LogP contribution < -0.4 is 0 Å². The van der Waals surface area contributed by atoms with Crippen molar-refractivity contribution in [3.05, 3.63) is 41.5 Å². The second-order valence-corrected chi connectivity index (χ2v) is 7.01. The number of carbonyl (C=O) groups is 1. The van der Waals surface area contributed by atoms with Crippen molar-refractivity contribution < 1.29 is 28.2 Å². The molecule has 0 amide bonds. The lowest BCUT2D eigenvalue weighted by atomic mass is 10.0. The van der Waals surface area contributed by atoms with Gasteiger partial charge in [-0.1, -0.05) is 6.42 Å². The largest absolute Gasteiger partial charge is 0.477 e. The number of ether oxygens (including phenoxy) is 2. The van der Waals surface area contributed by atoms with Gasteiger partial charge in [-0.05, 0) is 50.5 Å². The van der Waals surface area contributed by atoms with E-state index in [1.54, 1.807) is 12.1 Å². The molecule has 0 bridgehead atoms. The second-order valence-electron chi connectivity index (χ2n) is 7.01. The number of benzene rings is 1. The Bertz CT molecular complexity index is 778. The predicted octanol–water partition coefficient (Wildman–Crippen LogP) is 3.97. The van der Waals surface area contributed by atoms with E-state index in [0.29, 0.717) is 19.1 Å². The highest BCUT2D eigenvalue weighted by Gasteiger charge is 2.40. The van der Waals surface area contributed by atoms with Crippen LogP contribution in [0.3, 0.4) is 0 Å². The first kappa shape index (κ1) is 19.5. The fourth-order valence-electron chi connectivity index (χ4n) is 3.04. The van der Waals surface area contributed by atoms with E-state index in [4.69, 9.17) is 19.0 Å². The summed E-state index contributed by atoms with van der Waals surface area (Å²) >= 11 is 0. The number of aliphatic carboxylic acids is 1. The lowest BCUT2D eigenvalue weighted by molar-refractivity contribution is -0.271. The van der Waals surface area contributed by atoms with Crippen LogP contribution in [-0.4, -0.2) is 35.1 Å². The van der Waals surface area contributed by atoms with E-state index >= 15 is 0 Å². The fraction of sp³-hybridized carbons (Fsp3) is 0.500. The van der Waals surface area contributed by atoms with Crippen LogP contribution >= 0.6 is 0 Å². The Morgan fingerprint density at radius 1 is 1.26 bits per heavy atom. The number of oxazole rings is 1. The number of aromatic nitrogens is 1. The molecule has 0 atom stereocenters. The molecule has 3 rings (SSSR count). The summed E-state index contributed by atoms with van der Waals surface area (Å²) in [5.41, 5.74) is 1.66. The number of hydrogen-bond acceptors (Lipinski definition) is 5. The first-order valence-corrected chi connectivity index (χ1v) is 9.11. The zero-order valence-electron chi connectivity index (χ0n) is 15.5. The summed E-state index contributed by atoms with van der Waals surface area (Å²) in [5.74, 6) is -1.43. The fourth-order valence-corrected chi connectivity index (χ4v) is 3.04. The van der Waals surface area contributed by atoms with Gasteiger partial charge >= 0.3 is 5.97 Å². The molecule has 1 aromatic carbocycles. The molecule has 0 radical (unpaired) electrons. The standard InChI is InChI=1S/C20H24FNO5/c1-13-17(22-18(27-13)15-7-9-16(21)10-8-15)6-4-3-5-14-11-25-20(2,19(23)24)26-12-14/h7-10,14H,3-6,11-12H2,1-2H3,(H,23,24)/t14-,20+. The molecule has 27 heavy (non-hydrogen) atoms. The zero-order chi connectivity index (χ0) is 19.4. The van der Waals surface area contributed by atoms with Gasteiger partial charge in [-0.2, -0.15) is 0 Å². The smallest absolute Gasteiger partial charge is 0.364 e. The number of rotatable bonds is 7. The van der Waals surface area contributed by atoms with E-state index in [0.717, 1.165) is 42.7 Å². The van der Waals surface area contributed by atoms with Crippen molar-refractivity contribution in [2.45, 2.75) is 45.3 Å². The summed E-state index contributed by atoms with van der Waals surface area (Å²) in [6, 6.07) is 6.08. The van der Waals surface area contributed by atoms with Gasteiger partial charge in [0, 0.05) is 18.4 Å². The molecule has 1 N–H and O–H groups in total. The van der Waals surface area contributed by atoms with Gasteiger partial charge in [0.2, 0.25) is 5.89 Å². The normalized spacial score (nSPS) is 22.7. The van der Waals surface area contributed by atoms with Gasteiger partial charge < -0.3 is 19.0 Å². The molecule has 0 unspecified atom stereocenters. The third kappa shape index (κ3) is 4.73. The molecule has 0 spiro atoms. The number of unbranched alkanes of at least 4 members (excludes halogenated alkanes) is 1. The second kappa shape index (κ2) is 8.19. The van der Waals surface area contributed by atoms with Crippen molar-refractivity contribution in [1.82, 2.24) is 4.98 Å². The minimum Gasteiger partial charge on any atom is -0.477 e. The van der Waals surface area contributed by atoms with Crippen LogP contribution in [0.2, 0.25) is 0 Å². The highest BCUT2D eigenvalue weighted by molar-refractivity contribution is 5.75. The van der Waals surface area contributed by atoms with Gasteiger partial charge in [0.25, 0.3) is 5.79 Å². The van der Waals surface area contributed by atoms with Crippen LogP contribution in [0.15, 0.2) is 28.7 Å². The lowest BCUT2D eigenvalue weighted by Crippen LogP contribution is -2.47. The molecule has 2 heterocycles. The number of carboxylic acids is 1. The minimum absolute atomic E-state index is 0.200. The molecule has 1 aliphatic rings. The Labute approximate surface area is 157 Å². The van der Waals surface area contributed by atoms with Crippen LogP contribution in [0.4, 0.5) is 4.39 Å². The molecule has 1 fully saturated rings. The van der Waals surface area contributed by atoms with E-state index in [9.17, 15) is 9.18 Å². The summed E-state index contributed by atoms with van der Waals surface area (Å²) in [6.07, 6.45) is 3.58. The van der Waals surface area contributed by atoms with Gasteiger partial charge in [0.15, 0.2) is 0 Å². The monoisotopic (exact) mass is 377 g/mol. The Kier molecular flexibility index (Phi) is 5.92. The van der Waals surface area contributed by atoms with E-state index < -0.39 is 11.8 Å². The molecule has 0 aliphatic carbocycles. The molecule has 2 aromatic rings. The summed E-state index contributed by atoms with van der Waals surface area (Å²) in [6.45, 7) is 4.09. The van der Waals surface area contributed by atoms with Gasteiger partial charge in [-0.3, -0.25) is 0 Å². The highest BCUT2D eigenvalue weighted by atomic mass is 19.1. The third-order valence-corrected chi connectivity index (χ3v) is 4.84. The van der Waals surface area contributed by atoms with Gasteiger partial charge in [0.1, 0.15) is 11.6 Å². The Morgan fingerprint density at radius 2 is 1.93 bits per heavy atom. The number of halogens is 1. The zero-order valence-corrected chi connectivity index (χ0v) is 15.5. The first-order chi connectivity index (χ1) is 12.9. The van der Waals surface area contributed by atoms with Gasteiger partial charge in [-0.15, -0.1) is 0 Å². The maximum atomic E-state index is 13.0. The van der Waals surface area contributed by atoms with E-state index in [-0.39, 0.29) is 11.7 Å². The van der Waals surface area contributed by atoms with Crippen LogP contribution in [0, 0.1) is 18.7 Å². The van der Waals surface area contributed by atoms with Crippen molar-refractivity contribution in [2.75, 3.05) is 13.2 Å². The molecular weight excluding hydrogens is 353 g/mol. The van der Waals surface area contributed by atoms with Crippen LogP contribution in [-0.2, 0) is 20.7 Å². The van der Waals surface area contributed by atoms with Crippen LogP contribution in [0.25, 0.3) is 11.5 Å². The number of carboxylic acid groups (broad SMARTS) is 1. The van der Waals surface area contributed by atoms with Crippen molar-refractivity contribution >= 4 is 5.97 Å². The maximum Gasteiger partial charge on any atom is 0.364 e. The van der Waals surface area contributed by atoms with Crippen LogP contribution in [0.5, 0.6) is 0 Å². The molecule has 0 saturated carbocycles. The molecule has 6 nitrogen and oxygen atoms in total. The minimum atomic E-state index is -1.52. The molecule has 7 heteroatoms. The van der Waals surface area contributed by atoms with Crippen molar-refractivity contribution in [3.63, 3.8) is 0 Å². The third-order valence-electron chi connectivity index (χ3n) is 4.84. The molecule has 146 valence electrons. The van der Waals surface area contributed by atoms with E-state index in [2.05, 4.69) is 4.98 Å². The molecular formula is C20H24FNO5. The average molecular weight is 377 g/mol. The maximum absolute atomic E-state index is 13.0. The number of nitrogens with zero attached hydrogens (tertiary/aromatic N) is 1. The Balaban J connectivity index is 1.45. The van der Waals surface area contributed by atoms with Crippen molar-refractivity contribution in [3.8, 4) is 11.5 Å². The van der Waals surface area contributed by atoms with Crippen molar-refractivity contribution in [2.24, 2.45) is 5.92 Å². The van der Waals surface area contributed by atoms with E-state index in [1.165, 1.54) is 19.1 Å². The topological polar surface area (TPSA) is 81.8 Å². The molecule has 1 aliphatic heterocycles. The van der Waals surface area contributed by atoms with Crippen LogP contribution in [0.1, 0.15) is 37.6 Å². The summed E-state index contributed by atoms with van der Waals surface area (Å²) in [7, 11) is 0. The molecule has 1 saturated heterocycles. The van der Waals surface area contributed by atoms with E-state index in [1.807, 2.05) is 6.92 Å². The van der Waals surface area contributed by atoms with Crippen molar-refractivity contribution in [1.29, 1.82) is 0 Å². The summed E-state index contributed by atoms with van der Waals surface area (Å²) < 4.78 is 29.5. The first-order valence-electron chi connectivity index (χ1n) is 9.11. The average Bonchev–Trinajstić information content (AvgIpc) is 3.01. The summed E-state index contributed by atoms with van der Waals surface area (Å²) in [5, 5.41) is 9.06. The highest BCUT2D eigenvalue weighted by Crippen LogP contribution is 2.26. The lowest BCUT2D eigenvalue weighted by Gasteiger charge is -2.34. The Morgan fingerprint density at radius 3 is 2.56 bits per heavy atom. The quantitative estimate of drug-likeness (QED) is 0.736. The predicted molar refractivity (Wildman–Crippen MR) is 95.6 cm³/mol. The number of aryl methyl sites for hydroxylation is 2.